The molecule has 3 aromatic rings. The van der Waals surface area contributed by atoms with Crippen molar-refractivity contribution in [1.29, 1.82) is 0 Å². The summed E-state index contributed by atoms with van der Waals surface area (Å²) in [4.78, 5) is 30.9. The number of anilines is 1. The van der Waals surface area contributed by atoms with Gasteiger partial charge in [0.25, 0.3) is 0 Å². The molecule has 28 heavy (non-hydrogen) atoms. The molecule has 0 radical (unpaired) electrons. The normalized spacial score (nSPS) is 13.3. The van der Waals surface area contributed by atoms with Crippen LogP contribution < -0.4 is 5.32 Å². The van der Waals surface area contributed by atoms with Gasteiger partial charge >= 0.3 is 12.0 Å². The Balaban J connectivity index is 1.50. The van der Waals surface area contributed by atoms with Crippen LogP contribution in [0.5, 0.6) is 0 Å². The first-order valence-corrected chi connectivity index (χ1v) is 10.2. The second kappa shape index (κ2) is 7.98. The van der Waals surface area contributed by atoms with E-state index in [0.717, 1.165) is 34.3 Å². The van der Waals surface area contributed by atoms with Crippen molar-refractivity contribution in [1.82, 2.24) is 9.88 Å². The Morgan fingerprint density at radius 3 is 2.79 bits per heavy atom. The molecular formula is C21H21N3O3S. The summed E-state index contributed by atoms with van der Waals surface area (Å²) in [6.45, 7) is 2.45. The van der Waals surface area contributed by atoms with Crippen molar-refractivity contribution < 1.29 is 14.3 Å². The number of rotatable bonds is 6. The zero-order chi connectivity index (χ0) is 19.5. The minimum absolute atomic E-state index is 0.147. The Labute approximate surface area is 167 Å². The van der Waals surface area contributed by atoms with Gasteiger partial charge in [-0.1, -0.05) is 36.4 Å². The van der Waals surface area contributed by atoms with Gasteiger partial charge < -0.3 is 15.0 Å². The van der Waals surface area contributed by atoms with E-state index >= 15 is 0 Å². The molecule has 2 aromatic carbocycles. The maximum absolute atomic E-state index is 13.0. The Morgan fingerprint density at radius 2 is 2.00 bits per heavy atom. The molecule has 1 saturated carbocycles. The third-order valence-electron chi connectivity index (χ3n) is 4.62. The molecule has 1 fully saturated rings. The number of nitrogens with zero attached hydrogens (tertiary/aromatic N) is 2. The van der Waals surface area contributed by atoms with Crippen molar-refractivity contribution in [2.75, 3.05) is 11.9 Å². The highest BCUT2D eigenvalue weighted by molar-refractivity contribution is 7.09. The fourth-order valence-electron chi connectivity index (χ4n) is 3.10. The van der Waals surface area contributed by atoms with Crippen LogP contribution in [0.25, 0.3) is 10.8 Å². The quantitative estimate of drug-likeness (QED) is 0.616. The number of ether oxygens (including phenoxy) is 1. The minimum Gasteiger partial charge on any atom is -0.461 e. The minimum atomic E-state index is -0.428. The molecule has 1 aliphatic carbocycles. The number of aromatic nitrogens is 1. The number of carbonyl (C=O) groups excluding carboxylic acids is 2. The van der Waals surface area contributed by atoms with Crippen LogP contribution in [0.4, 0.5) is 10.5 Å². The van der Waals surface area contributed by atoms with E-state index in [1.165, 1.54) is 11.3 Å². The average molecular weight is 395 g/mol. The predicted octanol–water partition coefficient (Wildman–Crippen LogP) is 4.67. The van der Waals surface area contributed by atoms with E-state index in [9.17, 15) is 9.59 Å². The molecule has 4 rings (SSSR count). The van der Waals surface area contributed by atoms with Gasteiger partial charge in [-0.15, -0.1) is 11.3 Å². The first-order valence-electron chi connectivity index (χ1n) is 9.32. The number of amides is 2. The van der Waals surface area contributed by atoms with Gasteiger partial charge in [0.05, 0.1) is 18.8 Å². The lowest BCUT2D eigenvalue weighted by atomic mass is 10.1. The zero-order valence-electron chi connectivity index (χ0n) is 15.6. The van der Waals surface area contributed by atoms with Crippen LogP contribution >= 0.6 is 11.3 Å². The topological polar surface area (TPSA) is 71.5 Å². The molecule has 144 valence electrons. The molecule has 0 unspecified atom stereocenters. The van der Waals surface area contributed by atoms with Crippen molar-refractivity contribution in [2.45, 2.75) is 32.4 Å². The van der Waals surface area contributed by atoms with Gasteiger partial charge in [-0.3, -0.25) is 0 Å². The molecule has 1 aromatic heterocycles. The van der Waals surface area contributed by atoms with Crippen LogP contribution in [0.1, 0.15) is 35.3 Å². The number of urea groups is 1. The van der Waals surface area contributed by atoms with E-state index in [1.807, 2.05) is 42.5 Å². The number of hydrogen-bond donors (Lipinski definition) is 1. The smallest absolute Gasteiger partial charge is 0.357 e. The molecule has 0 aliphatic heterocycles. The first kappa shape index (κ1) is 18.4. The largest absolute Gasteiger partial charge is 0.461 e. The maximum atomic E-state index is 13.0. The van der Waals surface area contributed by atoms with Crippen molar-refractivity contribution in [3.8, 4) is 0 Å². The number of nitrogens with one attached hydrogen (secondary N) is 1. The number of carbonyl (C=O) groups is 2. The van der Waals surface area contributed by atoms with Gasteiger partial charge in [0.2, 0.25) is 0 Å². The number of benzene rings is 2. The van der Waals surface area contributed by atoms with E-state index in [1.54, 1.807) is 17.2 Å². The van der Waals surface area contributed by atoms with Crippen molar-refractivity contribution in [3.05, 3.63) is 58.5 Å². The molecule has 1 N–H and O–H groups in total. The summed E-state index contributed by atoms with van der Waals surface area (Å²) in [6, 6.07) is 13.9. The molecule has 0 saturated heterocycles. The predicted molar refractivity (Wildman–Crippen MR) is 110 cm³/mol. The lowest BCUT2D eigenvalue weighted by molar-refractivity contribution is 0.0520. The lowest BCUT2D eigenvalue weighted by Crippen LogP contribution is -2.36. The Morgan fingerprint density at radius 1 is 1.21 bits per heavy atom. The number of esters is 1. The van der Waals surface area contributed by atoms with E-state index < -0.39 is 5.97 Å². The molecule has 2 amide bonds. The van der Waals surface area contributed by atoms with Crippen LogP contribution in [-0.2, 0) is 11.3 Å². The molecule has 7 heteroatoms. The number of thiazole rings is 1. The monoisotopic (exact) mass is 395 g/mol. The van der Waals surface area contributed by atoms with E-state index in [4.69, 9.17) is 4.74 Å². The molecule has 1 heterocycles. The number of fused-ring (bicyclic) bond motifs is 1. The Hall–Kier alpha value is -2.93. The van der Waals surface area contributed by atoms with Gasteiger partial charge in [0, 0.05) is 16.8 Å². The molecule has 0 spiro atoms. The third-order valence-corrected chi connectivity index (χ3v) is 5.46. The van der Waals surface area contributed by atoms with Crippen LogP contribution in [0.15, 0.2) is 47.8 Å². The summed E-state index contributed by atoms with van der Waals surface area (Å²) in [5.74, 6) is -0.428. The van der Waals surface area contributed by atoms with Gasteiger partial charge in [-0.05, 0) is 31.2 Å². The van der Waals surface area contributed by atoms with Crippen LogP contribution in [-0.4, -0.2) is 34.5 Å². The van der Waals surface area contributed by atoms with Crippen molar-refractivity contribution >= 4 is 39.8 Å². The maximum Gasteiger partial charge on any atom is 0.357 e. The van der Waals surface area contributed by atoms with E-state index in [-0.39, 0.29) is 12.1 Å². The fourth-order valence-corrected chi connectivity index (χ4v) is 3.86. The Bertz CT molecular complexity index is 1010. The van der Waals surface area contributed by atoms with Gasteiger partial charge in [-0.2, -0.15) is 0 Å². The summed E-state index contributed by atoms with van der Waals surface area (Å²) < 4.78 is 4.99. The lowest BCUT2D eigenvalue weighted by Gasteiger charge is -2.22. The highest BCUT2D eigenvalue weighted by atomic mass is 32.1. The highest BCUT2D eigenvalue weighted by Crippen LogP contribution is 2.31. The molecule has 6 nitrogen and oxygen atoms in total. The molecule has 1 aliphatic rings. The van der Waals surface area contributed by atoms with Crippen LogP contribution in [0.2, 0.25) is 0 Å². The standard InChI is InChI=1S/C21H21N3O3S/c1-2-27-20(25)18-13-28-19(22-18)12-24(15-10-11-15)21(26)23-17-9-5-7-14-6-3-4-8-16(14)17/h3-9,13,15H,2,10-12H2,1H3,(H,23,26). The van der Waals surface area contributed by atoms with Crippen LogP contribution in [0, 0.1) is 0 Å². The first-order chi connectivity index (χ1) is 13.7. The van der Waals surface area contributed by atoms with Gasteiger partial charge in [0.1, 0.15) is 5.01 Å². The van der Waals surface area contributed by atoms with Gasteiger partial charge in [-0.25, -0.2) is 14.6 Å². The average Bonchev–Trinajstić information content (AvgIpc) is 3.43. The van der Waals surface area contributed by atoms with Crippen LogP contribution in [0.3, 0.4) is 0 Å². The van der Waals surface area contributed by atoms with Crippen molar-refractivity contribution in [2.24, 2.45) is 0 Å². The highest BCUT2D eigenvalue weighted by Gasteiger charge is 2.33. The molecule has 0 bridgehead atoms. The summed E-state index contributed by atoms with van der Waals surface area (Å²) in [5, 5.41) is 7.54. The summed E-state index contributed by atoms with van der Waals surface area (Å²) in [7, 11) is 0. The van der Waals surface area contributed by atoms with E-state index in [2.05, 4.69) is 10.3 Å². The van der Waals surface area contributed by atoms with Crippen molar-refractivity contribution in [3.63, 3.8) is 0 Å². The molecular weight excluding hydrogens is 374 g/mol. The second-order valence-corrected chi connectivity index (χ2v) is 7.61. The fraction of sp³-hybridized carbons (Fsp3) is 0.286. The number of hydrogen-bond acceptors (Lipinski definition) is 5. The SMILES string of the molecule is CCOC(=O)c1csc(CN(C(=O)Nc2cccc3ccccc23)C2CC2)n1. The molecule has 0 atom stereocenters. The second-order valence-electron chi connectivity index (χ2n) is 6.66. The summed E-state index contributed by atoms with van der Waals surface area (Å²) >= 11 is 1.37. The third kappa shape index (κ3) is 3.99. The van der Waals surface area contributed by atoms with E-state index in [0.29, 0.717) is 18.8 Å². The Kier molecular flexibility index (Phi) is 5.25. The van der Waals surface area contributed by atoms with Gasteiger partial charge in [0.15, 0.2) is 5.69 Å². The summed E-state index contributed by atoms with van der Waals surface area (Å²) in [6.07, 6.45) is 1.97. The summed E-state index contributed by atoms with van der Waals surface area (Å²) in [5.41, 5.74) is 1.09. The zero-order valence-corrected chi connectivity index (χ0v) is 16.4.